The van der Waals surface area contributed by atoms with Crippen molar-refractivity contribution in [2.24, 2.45) is 17.8 Å². The van der Waals surface area contributed by atoms with E-state index in [2.05, 4.69) is 15.9 Å². The van der Waals surface area contributed by atoms with Crippen LogP contribution in [0, 0.1) is 17.8 Å². The molecule has 2 fully saturated rings. The number of halogens is 2. The predicted octanol–water partition coefficient (Wildman–Crippen LogP) is 4.96. The third-order valence-electron chi connectivity index (χ3n) is 4.74. The number of rotatable bonds is 3. The molecule has 3 heteroatoms. The van der Waals surface area contributed by atoms with Gasteiger partial charge in [-0.3, -0.25) is 0 Å². The molecule has 4 atom stereocenters. The van der Waals surface area contributed by atoms with Gasteiger partial charge in [0.25, 0.3) is 0 Å². The van der Waals surface area contributed by atoms with Crippen LogP contribution >= 0.6 is 27.5 Å². The lowest BCUT2D eigenvalue weighted by molar-refractivity contribution is 0.125. The summed E-state index contributed by atoms with van der Waals surface area (Å²) in [6.45, 7) is 0. The number of hydrogen-bond acceptors (Lipinski definition) is 1. The van der Waals surface area contributed by atoms with Gasteiger partial charge in [-0.2, -0.15) is 0 Å². The normalized spacial score (nSPS) is 31.8. The van der Waals surface area contributed by atoms with Crippen molar-refractivity contribution in [2.75, 3.05) is 0 Å². The second-order valence-electron chi connectivity index (χ2n) is 5.86. The maximum atomic E-state index is 10.4. The molecule has 1 N–H and O–H groups in total. The van der Waals surface area contributed by atoms with E-state index in [-0.39, 0.29) is 6.10 Å². The molecule has 0 saturated heterocycles. The van der Waals surface area contributed by atoms with E-state index in [0.717, 1.165) is 34.2 Å². The topological polar surface area (TPSA) is 20.2 Å². The molecule has 1 aromatic rings. The van der Waals surface area contributed by atoms with Gasteiger partial charge in [0.15, 0.2) is 0 Å². The van der Waals surface area contributed by atoms with E-state index >= 15 is 0 Å². The van der Waals surface area contributed by atoms with Gasteiger partial charge in [0.1, 0.15) is 0 Å². The standard InChI is InChI=1S/C15H18BrClO/c16-13-4-3-11(7-14(13)17)15(18)8-12-6-9-1-2-10(12)5-9/h3-4,7,9-10,12,15,18H,1-2,5-6,8H2. The molecule has 4 unspecified atom stereocenters. The van der Waals surface area contributed by atoms with Crippen molar-refractivity contribution in [3.63, 3.8) is 0 Å². The molecule has 98 valence electrons. The minimum atomic E-state index is -0.361. The van der Waals surface area contributed by atoms with Crippen LogP contribution in [0.2, 0.25) is 5.02 Å². The van der Waals surface area contributed by atoms with Crippen LogP contribution in [0.5, 0.6) is 0 Å². The van der Waals surface area contributed by atoms with Crippen molar-refractivity contribution in [3.8, 4) is 0 Å². The maximum absolute atomic E-state index is 10.4. The van der Waals surface area contributed by atoms with E-state index in [1.165, 1.54) is 25.7 Å². The molecule has 2 saturated carbocycles. The Kier molecular flexibility index (Phi) is 3.70. The summed E-state index contributed by atoms with van der Waals surface area (Å²) in [5.41, 5.74) is 0.950. The summed E-state index contributed by atoms with van der Waals surface area (Å²) in [5, 5.41) is 11.0. The molecule has 0 aliphatic heterocycles. The zero-order valence-electron chi connectivity index (χ0n) is 10.3. The summed E-state index contributed by atoms with van der Waals surface area (Å²) in [6.07, 6.45) is 6.06. The highest BCUT2D eigenvalue weighted by molar-refractivity contribution is 9.10. The Morgan fingerprint density at radius 1 is 1.33 bits per heavy atom. The fourth-order valence-electron chi connectivity index (χ4n) is 3.81. The number of aliphatic hydroxyl groups excluding tert-OH is 1. The second-order valence-corrected chi connectivity index (χ2v) is 7.12. The highest BCUT2D eigenvalue weighted by Crippen LogP contribution is 2.51. The first-order valence-corrected chi connectivity index (χ1v) is 7.93. The van der Waals surface area contributed by atoms with Gasteiger partial charge in [0, 0.05) is 4.47 Å². The lowest BCUT2D eigenvalue weighted by atomic mass is 9.83. The summed E-state index contributed by atoms with van der Waals surface area (Å²) in [5.74, 6) is 2.54. The smallest absolute Gasteiger partial charge is 0.0793 e. The molecule has 0 aromatic heterocycles. The molecule has 2 aliphatic carbocycles. The Hall–Kier alpha value is -0.0500. The monoisotopic (exact) mass is 328 g/mol. The highest BCUT2D eigenvalue weighted by Gasteiger charge is 2.40. The molecule has 1 nitrogen and oxygen atoms in total. The second kappa shape index (κ2) is 5.15. The Morgan fingerprint density at radius 3 is 2.78 bits per heavy atom. The lowest BCUT2D eigenvalue weighted by Gasteiger charge is -2.24. The minimum Gasteiger partial charge on any atom is -0.388 e. The van der Waals surface area contributed by atoms with Gasteiger partial charge < -0.3 is 5.11 Å². The van der Waals surface area contributed by atoms with Gasteiger partial charge in [-0.25, -0.2) is 0 Å². The summed E-state index contributed by atoms with van der Waals surface area (Å²) in [4.78, 5) is 0. The van der Waals surface area contributed by atoms with Gasteiger partial charge in [0.05, 0.1) is 11.1 Å². The Labute approximate surface area is 122 Å². The fourth-order valence-corrected chi connectivity index (χ4v) is 4.24. The molecule has 0 amide bonds. The summed E-state index contributed by atoms with van der Waals surface area (Å²) >= 11 is 9.46. The van der Waals surface area contributed by atoms with Crippen LogP contribution in [0.3, 0.4) is 0 Å². The number of hydrogen-bond donors (Lipinski definition) is 1. The van der Waals surface area contributed by atoms with Crippen LogP contribution in [-0.4, -0.2) is 5.11 Å². The molecular formula is C15H18BrClO. The Balaban J connectivity index is 1.67. The van der Waals surface area contributed by atoms with E-state index in [0.29, 0.717) is 5.02 Å². The van der Waals surface area contributed by atoms with Crippen molar-refractivity contribution in [1.82, 2.24) is 0 Å². The fraction of sp³-hybridized carbons (Fsp3) is 0.600. The van der Waals surface area contributed by atoms with Gasteiger partial charge >= 0.3 is 0 Å². The van der Waals surface area contributed by atoms with Crippen molar-refractivity contribution in [2.45, 2.75) is 38.2 Å². The first-order valence-electron chi connectivity index (χ1n) is 6.76. The molecular weight excluding hydrogens is 312 g/mol. The van der Waals surface area contributed by atoms with E-state index in [1.807, 2.05) is 18.2 Å². The average molecular weight is 330 g/mol. The first-order chi connectivity index (χ1) is 8.63. The van der Waals surface area contributed by atoms with E-state index in [9.17, 15) is 5.11 Å². The van der Waals surface area contributed by atoms with Crippen molar-refractivity contribution in [3.05, 3.63) is 33.3 Å². The van der Waals surface area contributed by atoms with Crippen molar-refractivity contribution < 1.29 is 5.11 Å². The summed E-state index contributed by atoms with van der Waals surface area (Å²) < 4.78 is 0.889. The van der Waals surface area contributed by atoms with Crippen molar-refractivity contribution >= 4 is 27.5 Å². The van der Waals surface area contributed by atoms with Crippen LogP contribution in [0.4, 0.5) is 0 Å². The quantitative estimate of drug-likeness (QED) is 0.830. The van der Waals surface area contributed by atoms with Crippen LogP contribution in [0.25, 0.3) is 0 Å². The van der Waals surface area contributed by atoms with E-state index in [1.54, 1.807) is 0 Å². The lowest BCUT2D eigenvalue weighted by Crippen LogP contribution is -2.14. The van der Waals surface area contributed by atoms with Crippen LogP contribution in [0.1, 0.15) is 43.8 Å². The molecule has 2 bridgehead atoms. The molecule has 2 aliphatic rings. The van der Waals surface area contributed by atoms with Crippen LogP contribution < -0.4 is 0 Å². The molecule has 18 heavy (non-hydrogen) atoms. The average Bonchev–Trinajstić information content (AvgIpc) is 2.94. The predicted molar refractivity (Wildman–Crippen MR) is 77.7 cm³/mol. The largest absolute Gasteiger partial charge is 0.388 e. The van der Waals surface area contributed by atoms with Crippen LogP contribution in [-0.2, 0) is 0 Å². The van der Waals surface area contributed by atoms with E-state index in [4.69, 9.17) is 11.6 Å². The third-order valence-corrected chi connectivity index (χ3v) is 5.97. The zero-order valence-corrected chi connectivity index (χ0v) is 12.6. The molecule has 3 rings (SSSR count). The van der Waals surface area contributed by atoms with Gasteiger partial charge in [-0.05, 0) is 77.1 Å². The Bertz CT molecular complexity index is 448. The van der Waals surface area contributed by atoms with Crippen LogP contribution in [0.15, 0.2) is 22.7 Å². The van der Waals surface area contributed by atoms with Crippen molar-refractivity contribution in [1.29, 1.82) is 0 Å². The highest BCUT2D eigenvalue weighted by atomic mass is 79.9. The number of benzene rings is 1. The molecule has 0 heterocycles. The SMILES string of the molecule is OC(CC1CC2CCC1C2)c1ccc(Br)c(Cl)c1. The minimum absolute atomic E-state index is 0.361. The molecule has 0 radical (unpaired) electrons. The Morgan fingerprint density at radius 2 is 2.17 bits per heavy atom. The van der Waals surface area contributed by atoms with Gasteiger partial charge in [0.2, 0.25) is 0 Å². The number of aliphatic hydroxyl groups is 1. The third kappa shape index (κ3) is 2.48. The zero-order chi connectivity index (χ0) is 12.7. The molecule has 1 aromatic carbocycles. The van der Waals surface area contributed by atoms with Gasteiger partial charge in [-0.15, -0.1) is 0 Å². The maximum Gasteiger partial charge on any atom is 0.0793 e. The summed E-state index contributed by atoms with van der Waals surface area (Å²) in [7, 11) is 0. The summed E-state index contributed by atoms with van der Waals surface area (Å²) in [6, 6.07) is 5.76. The van der Waals surface area contributed by atoms with Gasteiger partial charge in [-0.1, -0.05) is 24.1 Å². The first kappa shape index (κ1) is 13.0. The number of fused-ring (bicyclic) bond motifs is 2. The molecule has 0 spiro atoms. The van der Waals surface area contributed by atoms with E-state index < -0.39 is 0 Å².